The fourth-order valence-electron chi connectivity index (χ4n) is 2.47. The second-order valence-electron chi connectivity index (χ2n) is 5.33. The van der Waals surface area contributed by atoms with Gasteiger partial charge in [-0.2, -0.15) is 0 Å². The van der Waals surface area contributed by atoms with E-state index in [0.717, 1.165) is 5.39 Å². The molecule has 3 rings (SSSR count). The van der Waals surface area contributed by atoms with E-state index in [4.69, 9.17) is 4.74 Å². The Morgan fingerprint density at radius 1 is 1.19 bits per heavy atom. The first kappa shape index (κ1) is 14.5. The van der Waals surface area contributed by atoms with Gasteiger partial charge in [-0.15, -0.1) is 0 Å². The van der Waals surface area contributed by atoms with Gasteiger partial charge in [-0.25, -0.2) is 13.1 Å². The van der Waals surface area contributed by atoms with E-state index in [2.05, 4.69) is 4.72 Å². The van der Waals surface area contributed by atoms with E-state index < -0.39 is 15.6 Å². The van der Waals surface area contributed by atoms with Crippen LogP contribution in [0.2, 0.25) is 0 Å². The molecule has 1 fully saturated rings. The molecule has 0 amide bonds. The van der Waals surface area contributed by atoms with Crippen molar-refractivity contribution in [1.82, 2.24) is 4.72 Å². The molecule has 2 aromatic carbocycles. The van der Waals surface area contributed by atoms with Crippen LogP contribution in [0, 0.1) is 0 Å². The lowest BCUT2D eigenvalue weighted by atomic mass is 10.1. The molecule has 0 aromatic heterocycles. The van der Waals surface area contributed by atoms with Gasteiger partial charge in [0.15, 0.2) is 0 Å². The van der Waals surface area contributed by atoms with Crippen molar-refractivity contribution in [3.05, 3.63) is 42.5 Å². The number of benzene rings is 2. The van der Waals surface area contributed by atoms with Crippen molar-refractivity contribution in [2.45, 2.75) is 16.9 Å². The van der Waals surface area contributed by atoms with Crippen molar-refractivity contribution < 1.29 is 18.3 Å². The average Bonchev–Trinajstić information content (AvgIpc) is 2.92. The summed E-state index contributed by atoms with van der Waals surface area (Å²) in [6.07, 6.45) is 0.436. The van der Waals surface area contributed by atoms with Gasteiger partial charge in [-0.1, -0.05) is 36.4 Å². The van der Waals surface area contributed by atoms with Crippen LogP contribution in [0.5, 0.6) is 0 Å². The van der Waals surface area contributed by atoms with Crippen LogP contribution in [0.4, 0.5) is 0 Å². The summed E-state index contributed by atoms with van der Waals surface area (Å²) in [5, 5.41) is 11.7. The van der Waals surface area contributed by atoms with Crippen molar-refractivity contribution in [2.24, 2.45) is 0 Å². The highest BCUT2D eigenvalue weighted by atomic mass is 32.2. The van der Waals surface area contributed by atoms with Gasteiger partial charge in [0.1, 0.15) is 5.60 Å². The summed E-state index contributed by atoms with van der Waals surface area (Å²) in [7, 11) is -3.68. The Balaban J connectivity index is 1.90. The third-order valence-electron chi connectivity index (χ3n) is 3.71. The summed E-state index contributed by atoms with van der Waals surface area (Å²) >= 11 is 0. The van der Waals surface area contributed by atoms with E-state index in [1.807, 2.05) is 18.2 Å². The average molecular weight is 307 g/mol. The summed E-state index contributed by atoms with van der Waals surface area (Å²) in [6, 6.07) is 12.5. The zero-order valence-electron chi connectivity index (χ0n) is 11.5. The Morgan fingerprint density at radius 2 is 1.95 bits per heavy atom. The lowest BCUT2D eigenvalue weighted by Crippen LogP contribution is -2.43. The number of sulfonamides is 1. The van der Waals surface area contributed by atoms with Gasteiger partial charge in [0.05, 0.1) is 11.5 Å². The summed E-state index contributed by atoms with van der Waals surface area (Å²) in [4.78, 5) is 0.225. The summed E-state index contributed by atoms with van der Waals surface area (Å²) < 4.78 is 32.6. The highest BCUT2D eigenvalue weighted by Crippen LogP contribution is 2.23. The van der Waals surface area contributed by atoms with Gasteiger partial charge >= 0.3 is 0 Å². The van der Waals surface area contributed by atoms with E-state index in [9.17, 15) is 13.5 Å². The zero-order chi connectivity index (χ0) is 14.9. The second kappa shape index (κ2) is 5.38. The number of rotatable bonds is 4. The Morgan fingerprint density at radius 3 is 2.71 bits per heavy atom. The molecule has 1 atom stereocenters. The Bertz CT molecular complexity index is 746. The minimum absolute atomic E-state index is 0.0431. The third kappa shape index (κ3) is 2.94. The number of hydrogen-bond acceptors (Lipinski definition) is 4. The van der Waals surface area contributed by atoms with Crippen molar-refractivity contribution in [3.63, 3.8) is 0 Å². The number of fused-ring (bicyclic) bond motifs is 1. The van der Waals surface area contributed by atoms with Crippen LogP contribution in [0.25, 0.3) is 10.8 Å². The zero-order valence-corrected chi connectivity index (χ0v) is 12.3. The summed E-state index contributed by atoms with van der Waals surface area (Å²) in [5.74, 6) is 0. The molecule has 0 radical (unpaired) electrons. The molecular weight excluding hydrogens is 290 g/mol. The maximum absolute atomic E-state index is 12.5. The van der Waals surface area contributed by atoms with Crippen LogP contribution in [0.3, 0.4) is 0 Å². The van der Waals surface area contributed by atoms with E-state index in [1.165, 1.54) is 0 Å². The molecule has 2 N–H and O–H groups in total. The lowest BCUT2D eigenvalue weighted by molar-refractivity contribution is 0.0314. The lowest BCUT2D eigenvalue weighted by Gasteiger charge is -2.20. The highest BCUT2D eigenvalue weighted by Gasteiger charge is 2.33. The number of hydrogen-bond donors (Lipinski definition) is 2. The molecule has 0 bridgehead atoms. The molecule has 112 valence electrons. The molecule has 0 saturated carbocycles. The summed E-state index contributed by atoms with van der Waals surface area (Å²) in [5.41, 5.74) is -1.11. The van der Waals surface area contributed by atoms with Gasteiger partial charge in [0.2, 0.25) is 10.0 Å². The number of aliphatic hydroxyl groups is 1. The molecule has 0 spiro atoms. The molecule has 1 unspecified atom stereocenters. The minimum Gasteiger partial charge on any atom is -0.386 e. The molecule has 5 nitrogen and oxygen atoms in total. The van der Waals surface area contributed by atoms with Gasteiger partial charge in [-0.05, 0) is 11.5 Å². The standard InChI is InChI=1S/C15H17NO4S/c17-15(8-9-20-11-15)10-16-21(18,19)14-7-3-5-12-4-1-2-6-13(12)14/h1-7,16-17H,8-11H2. The first-order valence-corrected chi connectivity index (χ1v) is 8.26. The Kier molecular flexibility index (Phi) is 3.71. The van der Waals surface area contributed by atoms with Crippen LogP contribution in [-0.4, -0.2) is 38.9 Å². The Labute approximate surface area is 123 Å². The molecule has 1 saturated heterocycles. The van der Waals surface area contributed by atoms with Gasteiger partial charge in [0, 0.05) is 25.0 Å². The van der Waals surface area contributed by atoms with Crippen molar-refractivity contribution in [3.8, 4) is 0 Å². The molecule has 6 heteroatoms. The fourth-order valence-corrected chi connectivity index (χ4v) is 3.82. The molecule has 2 aromatic rings. The third-order valence-corrected chi connectivity index (χ3v) is 5.17. The minimum atomic E-state index is -3.68. The second-order valence-corrected chi connectivity index (χ2v) is 7.06. The van der Waals surface area contributed by atoms with Gasteiger partial charge < -0.3 is 9.84 Å². The molecule has 0 aliphatic carbocycles. The fraction of sp³-hybridized carbons (Fsp3) is 0.333. The highest BCUT2D eigenvalue weighted by molar-refractivity contribution is 7.89. The number of nitrogens with one attached hydrogen (secondary N) is 1. The SMILES string of the molecule is O=S(=O)(NCC1(O)CCOC1)c1cccc2ccccc12. The largest absolute Gasteiger partial charge is 0.386 e. The van der Waals surface area contributed by atoms with Crippen LogP contribution in [0.15, 0.2) is 47.4 Å². The maximum Gasteiger partial charge on any atom is 0.241 e. The van der Waals surface area contributed by atoms with Gasteiger partial charge in [0.25, 0.3) is 0 Å². The predicted molar refractivity (Wildman–Crippen MR) is 79.5 cm³/mol. The summed E-state index contributed by atoms with van der Waals surface area (Å²) in [6.45, 7) is 0.566. The monoisotopic (exact) mass is 307 g/mol. The topological polar surface area (TPSA) is 75.6 Å². The van der Waals surface area contributed by atoms with Crippen LogP contribution < -0.4 is 4.72 Å². The molecule has 21 heavy (non-hydrogen) atoms. The van der Waals surface area contributed by atoms with Crippen LogP contribution in [0.1, 0.15) is 6.42 Å². The van der Waals surface area contributed by atoms with Crippen molar-refractivity contribution in [1.29, 1.82) is 0 Å². The molecular formula is C15H17NO4S. The molecule has 1 heterocycles. The number of ether oxygens (including phenoxy) is 1. The van der Waals surface area contributed by atoms with Crippen molar-refractivity contribution in [2.75, 3.05) is 19.8 Å². The quantitative estimate of drug-likeness (QED) is 0.892. The van der Waals surface area contributed by atoms with E-state index in [0.29, 0.717) is 18.4 Å². The Hall–Kier alpha value is -1.47. The van der Waals surface area contributed by atoms with Crippen LogP contribution in [-0.2, 0) is 14.8 Å². The first-order valence-electron chi connectivity index (χ1n) is 6.78. The smallest absolute Gasteiger partial charge is 0.241 e. The van der Waals surface area contributed by atoms with Gasteiger partial charge in [-0.3, -0.25) is 0 Å². The maximum atomic E-state index is 12.5. The molecule has 1 aliphatic rings. The first-order chi connectivity index (χ1) is 10.0. The molecule has 1 aliphatic heterocycles. The van der Waals surface area contributed by atoms with Crippen molar-refractivity contribution >= 4 is 20.8 Å². The van der Waals surface area contributed by atoms with E-state index in [1.54, 1.807) is 24.3 Å². The van der Waals surface area contributed by atoms with E-state index in [-0.39, 0.29) is 18.0 Å². The normalized spacial score (nSPS) is 22.7. The van der Waals surface area contributed by atoms with E-state index >= 15 is 0 Å². The van der Waals surface area contributed by atoms with Crippen LogP contribution >= 0.6 is 0 Å². The predicted octanol–water partition coefficient (Wildman–Crippen LogP) is 1.27.